The fourth-order valence-corrected chi connectivity index (χ4v) is 4.42. The van der Waals surface area contributed by atoms with Crippen LogP contribution >= 0.6 is 0 Å². The molecule has 3 heterocycles. The third-order valence-electron chi connectivity index (χ3n) is 6.14. The molecular weight excluding hydrogens is 414 g/mol. The minimum absolute atomic E-state index is 0.166. The molecule has 7 nitrogen and oxygen atoms in total. The third-order valence-corrected chi connectivity index (χ3v) is 6.14. The van der Waals surface area contributed by atoms with Gasteiger partial charge in [0, 0.05) is 37.1 Å². The number of hydrogen-bond donors (Lipinski definition) is 1. The highest BCUT2D eigenvalue weighted by Crippen LogP contribution is 2.29. The zero-order valence-electron chi connectivity index (χ0n) is 18.4. The van der Waals surface area contributed by atoms with Gasteiger partial charge in [-0.15, -0.1) is 0 Å². The van der Waals surface area contributed by atoms with Gasteiger partial charge in [-0.3, -0.25) is 4.68 Å². The van der Waals surface area contributed by atoms with E-state index in [-0.39, 0.29) is 17.8 Å². The number of pyridine rings is 1. The Bertz CT molecular complexity index is 1270. The third kappa shape index (κ3) is 4.17. The molecule has 166 valence electrons. The highest BCUT2D eigenvalue weighted by molar-refractivity contribution is 5.96. The Morgan fingerprint density at radius 2 is 1.76 bits per heavy atom. The van der Waals surface area contributed by atoms with Crippen molar-refractivity contribution in [2.24, 2.45) is 7.05 Å². The lowest BCUT2D eigenvalue weighted by Gasteiger charge is -2.24. The first-order chi connectivity index (χ1) is 16.1. The molecule has 1 aliphatic rings. The number of anilines is 2. The first kappa shape index (κ1) is 20.8. The summed E-state index contributed by atoms with van der Waals surface area (Å²) in [5.41, 5.74) is 4.87. The number of benzene rings is 2. The molecule has 1 amide bonds. The SMILES string of the molecule is Cn1nccc1-c1ccc(N2CCCC2C(=O)Nc2ccc(-c3ccccc3)c[n+]2[O-])cc1. The van der Waals surface area contributed by atoms with Crippen LogP contribution in [0.25, 0.3) is 22.4 Å². The summed E-state index contributed by atoms with van der Waals surface area (Å²) in [7, 11) is 1.92. The van der Waals surface area contributed by atoms with Crippen molar-refractivity contribution in [3.8, 4) is 22.4 Å². The molecule has 0 aliphatic carbocycles. The molecule has 1 N–H and O–H groups in total. The number of nitrogens with zero attached hydrogens (tertiary/aromatic N) is 4. The largest absolute Gasteiger partial charge is 0.711 e. The van der Waals surface area contributed by atoms with Crippen LogP contribution in [0.2, 0.25) is 0 Å². The predicted octanol–water partition coefficient (Wildman–Crippen LogP) is 4.00. The molecule has 0 radical (unpaired) electrons. The second kappa shape index (κ2) is 8.78. The summed E-state index contributed by atoms with van der Waals surface area (Å²) in [6.07, 6.45) is 4.94. The van der Waals surface area contributed by atoms with Crippen LogP contribution in [0.3, 0.4) is 0 Å². The van der Waals surface area contributed by atoms with E-state index in [1.54, 1.807) is 12.3 Å². The number of nitrogens with one attached hydrogen (secondary N) is 1. The van der Waals surface area contributed by atoms with Crippen molar-refractivity contribution in [2.45, 2.75) is 18.9 Å². The second-order valence-corrected chi connectivity index (χ2v) is 8.22. The lowest BCUT2D eigenvalue weighted by molar-refractivity contribution is -0.589. The molecular formula is C26H25N5O2. The van der Waals surface area contributed by atoms with Crippen LogP contribution in [0, 0.1) is 5.21 Å². The van der Waals surface area contributed by atoms with E-state index in [0.717, 1.165) is 52.2 Å². The van der Waals surface area contributed by atoms with Crippen LogP contribution in [0.4, 0.5) is 11.5 Å². The Morgan fingerprint density at radius 1 is 1.00 bits per heavy atom. The summed E-state index contributed by atoms with van der Waals surface area (Å²) < 4.78 is 2.56. The van der Waals surface area contributed by atoms with Gasteiger partial charge in [-0.2, -0.15) is 5.10 Å². The van der Waals surface area contributed by atoms with Crippen molar-refractivity contribution < 1.29 is 9.52 Å². The number of carbonyl (C=O) groups excluding carboxylic acids is 1. The Kier molecular flexibility index (Phi) is 5.52. The number of hydrogen-bond acceptors (Lipinski definition) is 4. The van der Waals surface area contributed by atoms with Gasteiger partial charge in [-0.1, -0.05) is 42.5 Å². The summed E-state index contributed by atoms with van der Waals surface area (Å²) in [4.78, 5) is 15.2. The summed E-state index contributed by atoms with van der Waals surface area (Å²) in [5.74, 6) is 0.0679. The number of rotatable bonds is 5. The molecule has 4 aromatic rings. The number of amides is 1. The van der Waals surface area contributed by atoms with E-state index in [4.69, 9.17) is 0 Å². The van der Waals surface area contributed by atoms with Gasteiger partial charge in [0.1, 0.15) is 12.2 Å². The van der Waals surface area contributed by atoms with Gasteiger partial charge in [0.25, 0.3) is 5.82 Å². The lowest BCUT2D eigenvalue weighted by Crippen LogP contribution is -2.42. The molecule has 0 bridgehead atoms. The van der Waals surface area contributed by atoms with Crippen LogP contribution in [-0.4, -0.2) is 28.3 Å². The first-order valence-electron chi connectivity index (χ1n) is 11.0. The van der Waals surface area contributed by atoms with Gasteiger partial charge in [0.15, 0.2) is 0 Å². The van der Waals surface area contributed by atoms with Crippen LogP contribution in [0.5, 0.6) is 0 Å². The van der Waals surface area contributed by atoms with E-state index >= 15 is 0 Å². The van der Waals surface area contributed by atoms with Gasteiger partial charge < -0.3 is 10.1 Å². The molecule has 2 aromatic carbocycles. The van der Waals surface area contributed by atoms with Gasteiger partial charge in [-0.05, 0) is 48.2 Å². The van der Waals surface area contributed by atoms with Crippen LogP contribution in [0.15, 0.2) is 85.2 Å². The van der Waals surface area contributed by atoms with Crippen molar-refractivity contribution in [3.05, 3.63) is 90.4 Å². The minimum Gasteiger partial charge on any atom is -0.711 e. The summed E-state index contributed by atoms with van der Waals surface area (Å²) in [5, 5.41) is 19.6. The maximum atomic E-state index is 13.1. The fourth-order valence-electron chi connectivity index (χ4n) is 4.42. The van der Waals surface area contributed by atoms with E-state index in [9.17, 15) is 10.0 Å². The number of aryl methyl sites for hydroxylation is 1. The van der Waals surface area contributed by atoms with Gasteiger partial charge in [-0.25, -0.2) is 14.8 Å². The Morgan fingerprint density at radius 3 is 2.45 bits per heavy atom. The maximum absolute atomic E-state index is 13.1. The van der Waals surface area contributed by atoms with E-state index in [1.807, 2.05) is 78.5 Å². The van der Waals surface area contributed by atoms with Crippen molar-refractivity contribution in [1.82, 2.24) is 9.78 Å². The molecule has 1 atom stereocenters. The topological polar surface area (TPSA) is 77.1 Å². The number of carbonyl (C=O) groups is 1. The molecule has 7 heteroatoms. The molecule has 0 spiro atoms. The van der Waals surface area contributed by atoms with Gasteiger partial charge in [0.05, 0.1) is 5.69 Å². The molecule has 1 unspecified atom stereocenters. The quantitative estimate of drug-likeness (QED) is 0.377. The standard InChI is InChI=1S/C26H25N5O2/c1-29-23(15-16-27-29)20-9-12-22(13-10-20)30-17-5-8-24(30)26(32)28-25-14-11-21(18-31(25)33)19-6-3-2-4-7-19/h2-4,6-7,9-16,18,24H,5,8,17H2,1H3,(H,28,32). The Labute approximate surface area is 192 Å². The average molecular weight is 440 g/mol. The zero-order valence-corrected chi connectivity index (χ0v) is 18.4. The molecule has 33 heavy (non-hydrogen) atoms. The smallest absolute Gasteiger partial charge is 0.330 e. The fraction of sp³-hybridized carbons (Fsp3) is 0.192. The molecule has 1 fully saturated rings. The summed E-state index contributed by atoms with van der Waals surface area (Å²) in [6.45, 7) is 0.799. The van der Waals surface area contributed by atoms with Crippen molar-refractivity contribution in [1.29, 1.82) is 0 Å². The van der Waals surface area contributed by atoms with E-state index in [1.165, 1.54) is 6.20 Å². The molecule has 1 aliphatic heterocycles. The van der Waals surface area contributed by atoms with Gasteiger partial charge >= 0.3 is 5.91 Å². The minimum atomic E-state index is -0.318. The zero-order chi connectivity index (χ0) is 22.8. The highest BCUT2D eigenvalue weighted by atomic mass is 16.5. The van der Waals surface area contributed by atoms with E-state index in [2.05, 4.69) is 15.3 Å². The normalized spacial score (nSPS) is 15.5. The van der Waals surface area contributed by atoms with E-state index in [0.29, 0.717) is 0 Å². The van der Waals surface area contributed by atoms with E-state index < -0.39 is 0 Å². The van der Waals surface area contributed by atoms with Crippen molar-refractivity contribution in [3.63, 3.8) is 0 Å². The number of aromatic nitrogens is 3. The molecule has 0 saturated carbocycles. The van der Waals surface area contributed by atoms with Gasteiger partial charge in [0.2, 0.25) is 0 Å². The molecule has 1 saturated heterocycles. The molecule has 5 rings (SSSR count). The van der Waals surface area contributed by atoms with Crippen molar-refractivity contribution >= 4 is 17.4 Å². The molecule has 2 aromatic heterocycles. The van der Waals surface area contributed by atoms with Crippen LogP contribution in [0.1, 0.15) is 12.8 Å². The summed E-state index contributed by atoms with van der Waals surface area (Å²) in [6, 6.07) is 23.0. The average Bonchev–Trinajstić information content (AvgIpc) is 3.50. The highest BCUT2D eigenvalue weighted by Gasteiger charge is 2.34. The Balaban J connectivity index is 1.31. The lowest BCUT2D eigenvalue weighted by atomic mass is 10.1. The van der Waals surface area contributed by atoms with Crippen LogP contribution in [-0.2, 0) is 11.8 Å². The maximum Gasteiger partial charge on any atom is 0.330 e. The Hall–Kier alpha value is -4.13. The monoisotopic (exact) mass is 439 g/mol. The first-order valence-corrected chi connectivity index (χ1v) is 11.0. The summed E-state index contributed by atoms with van der Waals surface area (Å²) >= 11 is 0. The predicted molar refractivity (Wildman–Crippen MR) is 128 cm³/mol. The van der Waals surface area contributed by atoms with Crippen molar-refractivity contribution in [2.75, 3.05) is 16.8 Å². The second-order valence-electron chi connectivity index (χ2n) is 8.22. The van der Waals surface area contributed by atoms with Crippen LogP contribution < -0.4 is 14.9 Å².